The van der Waals surface area contributed by atoms with Crippen LogP contribution in [0.15, 0.2) is 17.5 Å². The lowest BCUT2D eigenvalue weighted by atomic mass is 10.0. The molecular formula is C13H17NO4S. The smallest absolute Gasteiger partial charge is 0.311 e. The van der Waals surface area contributed by atoms with E-state index in [-0.39, 0.29) is 18.6 Å². The minimum atomic E-state index is -0.902. The largest absolute Gasteiger partial charge is 0.481 e. The summed E-state index contributed by atoms with van der Waals surface area (Å²) < 4.78 is 5.18. The van der Waals surface area contributed by atoms with Crippen LogP contribution in [-0.2, 0) is 20.7 Å². The fraction of sp³-hybridized carbons (Fsp3) is 0.538. The number of aryl methyl sites for hydroxylation is 1. The van der Waals surface area contributed by atoms with Gasteiger partial charge in [-0.25, -0.2) is 0 Å². The molecule has 1 N–H and O–H groups in total. The number of rotatable bonds is 5. The van der Waals surface area contributed by atoms with Crippen molar-refractivity contribution in [2.24, 2.45) is 5.92 Å². The van der Waals surface area contributed by atoms with E-state index in [2.05, 4.69) is 0 Å². The van der Waals surface area contributed by atoms with Crippen LogP contribution in [0.3, 0.4) is 0 Å². The molecule has 1 saturated heterocycles. The van der Waals surface area contributed by atoms with Crippen molar-refractivity contribution in [3.8, 4) is 0 Å². The van der Waals surface area contributed by atoms with Crippen molar-refractivity contribution in [2.75, 3.05) is 20.3 Å². The predicted molar refractivity (Wildman–Crippen MR) is 71.1 cm³/mol. The number of nitrogens with zero attached hydrogens (tertiary/aromatic N) is 1. The number of hydrogen-bond donors (Lipinski definition) is 1. The summed E-state index contributed by atoms with van der Waals surface area (Å²) in [7, 11) is 1.66. The number of thiophene rings is 1. The molecule has 2 rings (SSSR count). The quantitative estimate of drug-likeness (QED) is 0.883. The van der Waals surface area contributed by atoms with Gasteiger partial charge in [0.25, 0.3) is 0 Å². The summed E-state index contributed by atoms with van der Waals surface area (Å²) in [5.74, 6) is -1.55. The number of likely N-dealkylation sites (N-methyl/N-ethyl adjacent to an activating group) is 1. The molecule has 2 unspecified atom stereocenters. The average Bonchev–Trinajstić information content (AvgIpc) is 3.05. The number of carboxylic acids is 1. The van der Waals surface area contributed by atoms with E-state index in [0.29, 0.717) is 19.4 Å². The summed E-state index contributed by atoms with van der Waals surface area (Å²) >= 11 is 1.62. The molecular weight excluding hydrogens is 266 g/mol. The lowest BCUT2D eigenvalue weighted by Gasteiger charge is -2.26. The Labute approximate surface area is 115 Å². The molecule has 0 bridgehead atoms. The Morgan fingerprint density at radius 1 is 1.53 bits per heavy atom. The van der Waals surface area contributed by atoms with Gasteiger partial charge >= 0.3 is 5.97 Å². The predicted octanol–water partition coefficient (Wildman–Crippen LogP) is 1.24. The zero-order valence-corrected chi connectivity index (χ0v) is 11.6. The van der Waals surface area contributed by atoms with E-state index in [4.69, 9.17) is 9.84 Å². The number of carboxylic acid groups (broad SMARTS) is 1. The Bertz CT molecular complexity index is 446. The van der Waals surface area contributed by atoms with Gasteiger partial charge in [0, 0.05) is 18.3 Å². The van der Waals surface area contributed by atoms with Crippen LogP contribution in [0, 0.1) is 5.92 Å². The van der Waals surface area contributed by atoms with Gasteiger partial charge in [0.1, 0.15) is 5.92 Å². The molecule has 5 nitrogen and oxygen atoms in total. The maximum Gasteiger partial charge on any atom is 0.311 e. The Balaban J connectivity index is 1.89. The van der Waals surface area contributed by atoms with Crippen LogP contribution in [0.25, 0.3) is 0 Å². The van der Waals surface area contributed by atoms with Gasteiger partial charge in [0.05, 0.1) is 19.3 Å². The summed E-state index contributed by atoms with van der Waals surface area (Å²) in [5, 5.41) is 11.1. The Morgan fingerprint density at radius 2 is 2.32 bits per heavy atom. The van der Waals surface area contributed by atoms with E-state index in [1.165, 1.54) is 9.78 Å². The molecule has 1 aromatic rings. The molecule has 1 amide bonds. The Kier molecular flexibility index (Phi) is 4.55. The molecule has 0 radical (unpaired) electrons. The highest BCUT2D eigenvalue weighted by Crippen LogP contribution is 2.20. The maximum atomic E-state index is 12.1. The summed E-state index contributed by atoms with van der Waals surface area (Å²) in [6, 6.07) is 3.60. The molecule has 2 heterocycles. The van der Waals surface area contributed by atoms with Gasteiger partial charge in [0.2, 0.25) is 5.91 Å². The monoisotopic (exact) mass is 283 g/mol. The second kappa shape index (κ2) is 6.16. The molecule has 1 aliphatic heterocycles. The van der Waals surface area contributed by atoms with E-state index < -0.39 is 11.9 Å². The van der Waals surface area contributed by atoms with Crippen molar-refractivity contribution in [1.82, 2.24) is 4.90 Å². The van der Waals surface area contributed by atoms with Gasteiger partial charge < -0.3 is 14.7 Å². The molecule has 2 atom stereocenters. The van der Waals surface area contributed by atoms with E-state index in [0.717, 1.165) is 0 Å². The summed E-state index contributed by atoms with van der Waals surface area (Å²) in [6.45, 7) is 0.487. The van der Waals surface area contributed by atoms with Crippen LogP contribution in [0.1, 0.15) is 11.3 Å². The van der Waals surface area contributed by atoms with E-state index in [1.54, 1.807) is 18.4 Å². The highest BCUT2D eigenvalue weighted by Gasteiger charge is 2.38. The highest BCUT2D eigenvalue weighted by molar-refractivity contribution is 7.09. The number of carbonyl (C=O) groups excluding carboxylic acids is 1. The summed E-state index contributed by atoms with van der Waals surface area (Å²) in [4.78, 5) is 25.8. The molecule has 1 aliphatic rings. The van der Waals surface area contributed by atoms with E-state index >= 15 is 0 Å². The lowest BCUT2D eigenvalue weighted by Crippen LogP contribution is -2.44. The van der Waals surface area contributed by atoms with Crippen molar-refractivity contribution in [2.45, 2.75) is 18.9 Å². The molecule has 0 spiro atoms. The first-order valence-electron chi connectivity index (χ1n) is 6.18. The second-order valence-electron chi connectivity index (χ2n) is 4.63. The molecule has 104 valence electrons. The normalized spacial score (nSPS) is 22.4. The van der Waals surface area contributed by atoms with Gasteiger partial charge in [-0.1, -0.05) is 6.07 Å². The first kappa shape index (κ1) is 14.0. The fourth-order valence-electron chi connectivity index (χ4n) is 2.21. The van der Waals surface area contributed by atoms with E-state index in [1.807, 2.05) is 17.5 Å². The van der Waals surface area contributed by atoms with Gasteiger partial charge in [-0.05, 0) is 17.9 Å². The maximum absolute atomic E-state index is 12.1. The third kappa shape index (κ3) is 3.33. The topological polar surface area (TPSA) is 66.8 Å². The molecule has 19 heavy (non-hydrogen) atoms. The second-order valence-corrected chi connectivity index (χ2v) is 5.67. The van der Waals surface area contributed by atoms with Crippen LogP contribution < -0.4 is 0 Å². The zero-order valence-electron chi connectivity index (χ0n) is 10.7. The molecule has 0 aromatic carbocycles. The van der Waals surface area contributed by atoms with Gasteiger partial charge in [-0.2, -0.15) is 0 Å². The Hall–Kier alpha value is -1.40. The van der Waals surface area contributed by atoms with Gasteiger partial charge in [-0.3, -0.25) is 9.59 Å². The molecule has 0 saturated carbocycles. The highest BCUT2D eigenvalue weighted by atomic mass is 32.1. The average molecular weight is 283 g/mol. The third-order valence-corrected chi connectivity index (χ3v) is 4.36. The number of hydrogen-bond acceptors (Lipinski definition) is 4. The zero-order chi connectivity index (χ0) is 13.8. The van der Waals surface area contributed by atoms with Crippen molar-refractivity contribution in [1.29, 1.82) is 0 Å². The first-order valence-corrected chi connectivity index (χ1v) is 7.06. The number of carbonyl (C=O) groups is 2. The minimum Gasteiger partial charge on any atom is -0.481 e. The minimum absolute atomic E-state index is 0.0323. The molecule has 0 aliphatic carbocycles. The third-order valence-electron chi connectivity index (χ3n) is 3.42. The molecule has 6 heteroatoms. The van der Waals surface area contributed by atoms with Crippen molar-refractivity contribution >= 4 is 23.2 Å². The van der Waals surface area contributed by atoms with Gasteiger partial charge in [0.15, 0.2) is 0 Å². The standard InChI is InChI=1S/C13H17NO4S/c1-14(11-8-18-7-10(11)13(16)17)12(15)5-4-9-3-2-6-19-9/h2-3,6,10-11H,4-5,7-8H2,1H3,(H,16,17). The number of aliphatic carboxylic acids is 1. The summed E-state index contributed by atoms with van der Waals surface area (Å²) in [6.07, 6.45) is 1.10. The van der Waals surface area contributed by atoms with E-state index in [9.17, 15) is 9.59 Å². The number of ether oxygens (including phenoxy) is 1. The molecule has 1 aromatic heterocycles. The van der Waals surface area contributed by atoms with Gasteiger partial charge in [-0.15, -0.1) is 11.3 Å². The van der Waals surface area contributed by atoms with Crippen molar-refractivity contribution in [3.63, 3.8) is 0 Å². The lowest BCUT2D eigenvalue weighted by molar-refractivity contribution is -0.144. The SMILES string of the molecule is CN(C(=O)CCc1cccs1)C1COCC1C(=O)O. The van der Waals surface area contributed by atoms with Crippen LogP contribution >= 0.6 is 11.3 Å². The van der Waals surface area contributed by atoms with Crippen molar-refractivity contribution in [3.05, 3.63) is 22.4 Å². The fourth-order valence-corrected chi connectivity index (χ4v) is 2.92. The molecule has 1 fully saturated rings. The Morgan fingerprint density at radius 3 is 2.95 bits per heavy atom. The first-order chi connectivity index (χ1) is 9.09. The van der Waals surface area contributed by atoms with Crippen LogP contribution in [0.2, 0.25) is 0 Å². The number of amides is 1. The van der Waals surface area contributed by atoms with Crippen LogP contribution in [0.5, 0.6) is 0 Å². The van der Waals surface area contributed by atoms with Crippen molar-refractivity contribution < 1.29 is 19.4 Å². The van der Waals surface area contributed by atoms with Crippen LogP contribution in [0.4, 0.5) is 0 Å². The van der Waals surface area contributed by atoms with Crippen LogP contribution in [-0.4, -0.2) is 48.2 Å². The summed E-state index contributed by atoms with van der Waals surface area (Å²) in [5.41, 5.74) is 0.